The van der Waals surface area contributed by atoms with Gasteiger partial charge in [0.25, 0.3) is 0 Å². The first-order valence-corrected chi connectivity index (χ1v) is 19.1. The number of furan rings is 1. The zero-order valence-electron chi connectivity index (χ0n) is 31.3. The van der Waals surface area contributed by atoms with Crippen molar-refractivity contribution in [1.29, 1.82) is 0 Å². The van der Waals surface area contributed by atoms with E-state index >= 15 is 0 Å². The summed E-state index contributed by atoms with van der Waals surface area (Å²) in [6.07, 6.45) is 7.65. The molecule has 0 fully saturated rings. The molecule has 57 heavy (non-hydrogen) atoms. The van der Waals surface area contributed by atoms with Crippen molar-refractivity contribution in [3.05, 3.63) is 200 Å². The van der Waals surface area contributed by atoms with Gasteiger partial charge in [-0.15, -0.1) is 0 Å². The smallest absolute Gasteiger partial charge is 0.164 e. The van der Waals surface area contributed by atoms with Gasteiger partial charge in [-0.25, -0.2) is 15.0 Å². The highest BCUT2D eigenvalue weighted by Gasteiger charge is 2.20. The van der Waals surface area contributed by atoms with Gasteiger partial charge in [-0.05, 0) is 77.7 Å². The Morgan fingerprint density at radius 1 is 0.544 bits per heavy atom. The fraction of sp³-hybridized carbons (Fsp3) is 0.0192. The molecule has 0 amide bonds. The topological polar surface area (TPSA) is 56.7 Å². The van der Waals surface area contributed by atoms with Crippen molar-refractivity contribution in [2.75, 3.05) is 0 Å². The van der Waals surface area contributed by atoms with Crippen LogP contribution >= 0.6 is 0 Å². The number of allylic oxidation sites excluding steroid dienone is 5. The van der Waals surface area contributed by atoms with E-state index in [1.807, 2.05) is 55.5 Å². The Labute approximate surface area is 330 Å². The molecule has 0 N–H and O–H groups in total. The molecule has 0 unspecified atom stereocenters. The Hall–Kier alpha value is -7.63. The number of aromatic nitrogens is 4. The van der Waals surface area contributed by atoms with Crippen LogP contribution < -0.4 is 0 Å². The van der Waals surface area contributed by atoms with Crippen LogP contribution in [0.25, 0.3) is 100 Å². The van der Waals surface area contributed by atoms with Gasteiger partial charge in [0, 0.05) is 43.9 Å². The summed E-state index contributed by atoms with van der Waals surface area (Å²) in [6.45, 7) is 5.91. The first-order chi connectivity index (χ1) is 28.2. The normalized spacial score (nSPS) is 12.1. The molecule has 10 rings (SSSR count). The van der Waals surface area contributed by atoms with Gasteiger partial charge in [-0.1, -0.05) is 146 Å². The Morgan fingerprint density at radius 2 is 1.14 bits per heavy atom. The lowest BCUT2D eigenvalue weighted by Crippen LogP contribution is -2.02. The first kappa shape index (κ1) is 33.9. The molecule has 0 aliphatic rings. The SMILES string of the molecule is C=C/C=C(\C=C/C)c1nc(-c2ccccc2)nc(-c2cccc(-c3cccc4oc5cccc(-c6ccc7c(c6)c6ccccc6n7-c6ccccc6)c5c34)c2)n1. The fourth-order valence-electron chi connectivity index (χ4n) is 8.03. The van der Waals surface area contributed by atoms with Crippen LogP contribution in [0.15, 0.2) is 199 Å². The Morgan fingerprint density at radius 3 is 1.86 bits per heavy atom. The van der Waals surface area contributed by atoms with Gasteiger partial charge in [0.1, 0.15) is 11.2 Å². The number of rotatable bonds is 8. The lowest BCUT2D eigenvalue weighted by Gasteiger charge is -2.11. The number of hydrogen-bond donors (Lipinski definition) is 0. The summed E-state index contributed by atoms with van der Waals surface area (Å²) in [6, 6.07) is 57.2. The third kappa shape index (κ3) is 5.94. The van der Waals surface area contributed by atoms with Crippen molar-refractivity contribution in [2.45, 2.75) is 6.92 Å². The third-order valence-corrected chi connectivity index (χ3v) is 10.5. The maximum Gasteiger partial charge on any atom is 0.164 e. The van der Waals surface area contributed by atoms with Crippen LogP contribution in [0.1, 0.15) is 12.7 Å². The molecule has 0 atom stereocenters. The summed E-state index contributed by atoms with van der Waals surface area (Å²) in [7, 11) is 0. The standard InChI is InChI=1S/C52H36N4O/c1-3-16-34(17-4-2)50-53-51(35-18-7-5-8-19-35)55-52(54-50)38-21-13-20-36(32-38)40-25-14-28-46-48(40)49-41(26-15-29-47(49)57-46)37-30-31-45-43(33-37)42-24-11-12-27-44(42)56(45)39-22-9-6-10-23-39/h3-33H,1H2,2H3/b17-4-,34-16+. The molecule has 0 spiro atoms. The van der Waals surface area contributed by atoms with Crippen molar-refractivity contribution < 1.29 is 4.42 Å². The second-order valence-electron chi connectivity index (χ2n) is 14.0. The molecule has 0 saturated carbocycles. The molecular weight excluding hydrogens is 697 g/mol. The number of nitrogens with zero attached hydrogens (tertiary/aromatic N) is 4. The van der Waals surface area contributed by atoms with E-state index in [1.54, 1.807) is 6.08 Å². The molecule has 0 bridgehead atoms. The van der Waals surface area contributed by atoms with Crippen molar-refractivity contribution in [3.63, 3.8) is 0 Å². The van der Waals surface area contributed by atoms with Crippen molar-refractivity contribution in [3.8, 4) is 50.7 Å². The van der Waals surface area contributed by atoms with Gasteiger partial charge in [-0.2, -0.15) is 0 Å². The zero-order chi connectivity index (χ0) is 38.3. The lowest BCUT2D eigenvalue weighted by molar-refractivity contribution is 0.669. The van der Waals surface area contributed by atoms with E-state index in [-0.39, 0.29) is 0 Å². The maximum absolute atomic E-state index is 6.61. The number of para-hydroxylation sites is 2. The van der Waals surface area contributed by atoms with E-state index in [2.05, 4.69) is 145 Å². The molecular formula is C52H36N4O. The molecule has 7 aromatic carbocycles. The van der Waals surface area contributed by atoms with Crippen LogP contribution in [-0.4, -0.2) is 19.5 Å². The number of hydrogen-bond acceptors (Lipinski definition) is 4. The summed E-state index contributed by atoms with van der Waals surface area (Å²) < 4.78 is 8.96. The van der Waals surface area contributed by atoms with Gasteiger partial charge < -0.3 is 8.98 Å². The molecule has 5 nitrogen and oxygen atoms in total. The predicted molar refractivity (Wildman–Crippen MR) is 236 cm³/mol. The van der Waals surface area contributed by atoms with Crippen LogP contribution in [0, 0.1) is 0 Å². The van der Waals surface area contributed by atoms with Crippen molar-refractivity contribution >= 4 is 49.3 Å². The second-order valence-corrected chi connectivity index (χ2v) is 14.0. The van der Waals surface area contributed by atoms with Crippen molar-refractivity contribution in [1.82, 2.24) is 19.5 Å². The summed E-state index contributed by atoms with van der Waals surface area (Å²) in [5, 5.41) is 4.57. The Balaban J connectivity index is 1.15. The summed E-state index contributed by atoms with van der Waals surface area (Å²) in [5.41, 5.74) is 12.2. The van der Waals surface area contributed by atoms with Crippen LogP contribution in [0.5, 0.6) is 0 Å². The van der Waals surface area contributed by atoms with Gasteiger partial charge in [0.2, 0.25) is 0 Å². The zero-order valence-corrected chi connectivity index (χ0v) is 31.3. The van der Waals surface area contributed by atoms with E-state index in [4.69, 9.17) is 19.4 Å². The van der Waals surface area contributed by atoms with Crippen LogP contribution in [0.2, 0.25) is 0 Å². The minimum absolute atomic E-state index is 0.582. The number of benzene rings is 7. The summed E-state index contributed by atoms with van der Waals surface area (Å²) in [5.74, 6) is 1.78. The van der Waals surface area contributed by atoms with E-state index in [1.165, 1.54) is 21.8 Å². The lowest BCUT2D eigenvalue weighted by atomic mass is 9.93. The molecule has 3 aromatic heterocycles. The molecule has 10 aromatic rings. The van der Waals surface area contributed by atoms with E-state index in [0.717, 1.165) is 66.6 Å². The molecule has 0 saturated heterocycles. The first-order valence-electron chi connectivity index (χ1n) is 19.1. The summed E-state index contributed by atoms with van der Waals surface area (Å²) in [4.78, 5) is 14.9. The molecule has 270 valence electrons. The predicted octanol–water partition coefficient (Wildman–Crippen LogP) is 13.7. The molecule has 0 aliphatic carbocycles. The monoisotopic (exact) mass is 732 g/mol. The van der Waals surface area contributed by atoms with E-state index < -0.39 is 0 Å². The van der Waals surface area contributed by atoms with E-state index in [0.29, 0.717) is 17.5 Å². The molecule has 3 heterocycles. The van der Waals surface area contributed by atoms with Gasteiger partial charge in [0.05, 0.1) is 11.0 Å². The molecule has 5 heteroatoms. The van der Waals surface area contributed by atoms with Crippen LogP contribution in [0.4, 0.5) is 0 Å². The fourth-order valence-corrected chi connectivity index (χ4v) is 8.03. The summed E-state index contributed by atoms with van der Waals surface area (Å²) >= 11 is 0. The average Bonchev–Trinajstić information content (AvgIpc) is 3.83. The molecule has 0 aliphatic heterocycles. The molecule has 0 radical (unpaired) electrons. The Kier molecular flexibility index (Phi) is 8.46. The van der Waals surface area contributed by atoms with Gasteiger partial charge in [-0.3, -0.25) is 0 Å². The van der Waals surface area contributed by atoms with Crippen LogP contribution in [0.3, 0.4) is 0 Å². The largest absolute Gasteiger partial charge is 0.456 e. The van der Waals surface area contributed by atoms with Crippen LogP contribution in [-0.2, 0) is 0 Å². The van der Waals surface area contributed by atoms with Gasteiger partial charge in [0.15, 0.2) is 17.5 Å². The second kappa shape index (κ2) is 14.2. The minimum Gasteiger partial charge on any atom is -0.456 e. The van der Waals surface area contributed by atoms with Crippen molar-refractivity contribution in [2.24, 2.45) is 0 Å². The highest BCUT2D eigenvalue weighted by atomic mass is 16.3. The third-order valence-electron chi connectivity index (χ3n) is 10.5. The maximum atomic E-state index is 6.61. The van der Waals surface area contributed by atoms with Gasteiger partial charge >= 0.3 is 0 Å². The number of fused-ring (bicyclic) bond motifs is 6. The highest BCUT2D eigenvalue weighted by molar-refractivity contribution is 6.19. The highest BCUT2D eigenvalue weighted by Crippen LogP contribution is 2.43. The Bertz CT molecular complexity index is 3210. The van der Waals surface area contributed by atoms with E-state index in [9.17, 15) is 0 Å². The quantitative estimate of drug-likeness (QED) is 0.146. The average molecular weight is 733 g/mol. The minimum atomic E-state index is 0.582.